The molecule has 0 aliphatic heterocycles. The van der Waals surface area contributed by atoms with Crippen molar-refractivity contribution in [2.24, 2.45) is 5.84 Å². The molecule has 2 aromatic heterocycles. The van der Waals surface area contributed by atoms with E-state index in [2.05, 4.69) is 20.7 Å². The van der Waals surface area contributed by atoms with E-state index in [1.807, 2.05) is 13.0 Å². The van der Waals surface area contributed by atoms with Crippen LogP contribution in [0.2, 0.25) is 0 Å². The smallest absolute Gasteiger partial charge is 0.213 e. The fourth-order valence-corrected chi connectivity index (χ4v) is 1.28. The van der Waals surface area contributed by atoms with E-state index >= 15 is 0 Å². The van der Waals surface area contributed by atoms with E-state index in [-0.39, 0.29) is 0 Å². The molecule has 16 heavy (non-hydrogen) atoms. The van der Waals surface area contributed by atoms with Gasteiger partial charge in [-0.1, -0.05) is 0 Å². The number of aryl methyl sites for hydroxylation is 1. The average Bonchev–Trinajstić information content (AvgIpc) is 2.73. The highest BCUT2D eigenvalue weighted by atomic mass is 16.4. The molecule has 84 valence electrons. The van der Waals surface area contributed by atoms with Gasteiger partial charge in [0.2, 0.25) is 5.89 Å². The Balaban J connectivity index is 1.99. The standard InChI is InChI=1S/C10H13N5O/c1-7-5-14-10(16-7)6-13-8-2-3-12-9(4-8)15-11/h2-5H,6,11H2,1H3,(H2,12,13,15). The van der Waals surface area contributed by atoms with E-state index in [1.54, 1.807) is 18.5 Å². The topological polar surface area (TPSA) is 89.0 Å². The minimum atomic E-state index is 0.530. The molecule has 0 atom stereocenters. The first-order valence-corrected chi connectivity index (χ1v) is 4.86. The van der Waals surface area contributed by atoms with Crippen molar-refractivity contribution in [2.75, 3.05) is 10.7 Å². The lowest BCUT2D eigenvalue weighted by atomic mass is 10.4. The van der Waals surface area contributed by atoms with Crippen molar-refractivity contribution in [2.45, 2.75) is 13.5 Å². The van der Waals surface area contributed by atoms with Crippen LogP contribution in [0.3, 0.4) is 0 Å². The molecule has 0 saturated heterocycles. The lowest BCUT2D eigenvalue weighted by molar-refractivity contribution is 0.479. The Bertz CT molecular complexity index is 468. The summed E-state index contributed by atoms with van der Waals surface area (Å²) in [4.78, 5) is 8.09. The lowest BCUT2D eigenvalue weighted by Gasteiger charge is -2.05. The first kappa shape index (κ1) is 10.4. The van der Waals surface area contributed by atoms with Gasteiger partial charge in [0.25, 0.3) is 0 Å². The van der Waals surface area contributed by atoms with Crippen LogP contribution in [0.15, 0.2) is 28.9 Å². The van der Waals surface area contributed by atoms with E-state index in [1.165, 1.54) is 0 Å². The van der Waals surface area contributed by atoms with Gasteiger partial charge >= 0.3 is 0 Å². The number of hydrogen-bond acceptors (Lipinski definition) is 6. The number of hydrazine groups is 1. The quantitative estimate of drug-likeness (QED) is 0.530. The van der Waals surface area contributed by atoms with Crippen LogP contribution in [0.5, 0.6) is 0 Å². The van der Waals surface area contributed by atoms with Gasteiger partial charge in [-0.15, -0.1) is 0 Å². The number of nitrogens with one attached hydrogen (secondary N) is 2. The molecule has 4 N–H and O–H groups in total. The van der Waals surface area contributed by atoms with E-state index in [0.29, 0.717) is 18.3 Å². The highest BCUT2D eigenvalue weighted by Gasteiger charge is 2.00. The number of hydrogen-bond donors (Lipinski definition) is 3. The minimum Gasteiger partial charge on any atom is -0.444 e. The third kappa shape index (κ3) is 2.48. The summed E-state index contributed by atoms with van der Waals surface area (Å²) in [5.41, 5.74) is 3.38. The molecule has 0 spiro atoms. The largest absolute Gasteiger partial charge is 0.444 e. The van der Waals surface area contributed by atoms with Crippen LogP contribution in [0.4, 0.5) is 11.5 Å². The summed E-state index contributed by atoms with van der Waals surface area (Å²) in [5.74, 6) is 7.31. The Kier molecular flexibility index (Phi) is 3.02. The Hall–Kier alpha value is -2.08. The molecule has 2 heterocycles. The predicted octanol–water partition coefficient (Wildman–Crippen LogP) is 1.28. The molecule has 2 aromatic rings. The third-order valence-corrected chi connectivity index (χ3v) is 2.02. The number of anilines is 2. The van der Waals surface area contributed by atoms with Gasteiger partial charge in [-0.05, 0) is 13.0 Å². The second kappa shape index (κ2) is 4.63. The van der Waals surface area contributed by atoms with Crippen LogP contribution >= 0.6 is 0 Å². The van der Waals surface area contributed by atoms with E-state index < -0.39 is 0 Å². The molecular formula is C10H13N5O. The fraction of sp³-hybridized carbons (Fsp3) is 0.200. The van der Waals surface area contributed by atoms with Crippen molar-refractivity contribution in [1.82, 2.24) is 9.97 Å². The highest BCUT2D eigenvalue weighted by Crippen LogP contribution is 2.12. The number of nitrogens with two attached hydrogens (primary N) is 1. The van der Waals surface area contributed by atoms with E-state index in [0.717, 1.165) is 11.4 Å². The summed E-state index contributed by atoms with van der Waals surface area (Å²) < 4.78 is 5.33. The Labute approximate surface area is 92.9 Å². The number of nitrogen functional groups attached to an aromatic ring is 1. The third-order valence-electron chi connectivity index (χ3n) is 2.02. The summed E-state index contributed by atoms with van der Waals surface area (Å²) >= 11 is 0. The van der Waals surface area contributed by atoms with Gasteiger partial charge < -0.3 is 15.2 Å². The fourth-order valence-electron chi connectivity index (χ4n) is 1.28. The zero-order chi connectivity index (χ0) is 11.4. The van der Waals surface area contributed by atoms with Gasteiger partial charge in [0, 0.05) is 18.0 Å². The maximum Gasteiger partial charge on any atom is 0.213 e. The summed E-state index contributed by atoms with van der Waals surface area (Å²) in [7, 11) is 0. The molecule has 0 saturated carbocycles. The number of oxazole rings is 1. The van der Waals surface area contributed by atoms with E-state index in [4.69, 9.17) is 10.3 Å². The van der Waals surface area contributed by atoms with Crippen LogP contribution in [0, 0.1) is 6.92 Å². The van der Waals surface area contributed by atoms with Crippen molar-refractivity contribution < 1.29 is 4.42 Å². The first-order chi connectivity index (χ1) is 7.78. The van der Waals surface area contributed by atoms with Gasteiger partial charge in [-0.25, -0.2) is 15.8 Å². The Morgan fingerprint density at radius 2 is 2.31 bits per heavy atom. The van der Waals surface area contributed by atoms with Crippen LogP contribution in [-0.2, 0) is 6.54 Å². The number of aromatic nitrogens is 2. The predicted molar refractivity (Wildman–Crippen MR) is 60.6 cm³/mol. The zero-order valence-corrected chi connectivity index (χ0v) is 8.90. The number of rotatable bonds is 4. The maximum absolute atomic E-state index is 5.33. The maximum atomic E-state index is 5.33. The summed E-state index contributed by atoms with van der Waals surface area (Å²) in [6.45, 7) is 2.39. The molecule has 0 aliphatic carbocycles. The molecule has 6 nitrogen and oxygen atoms in total. The van der Waals surface area contributed by atoms with Crippen molar-refractivity contribution >= 4 is 11.5 Å². The lowest BCUT2D eigenvalue weighted by Crippen LogP contribution is -2.09. The van der Waals surface area contributed by atoms with Crippen LogP contribution < -0.4 is 16.6 Å². The van der Waals surface area contributed by atoms with Crippen molar-refractivity contribution in [3.05, 3.63) is 36.2 Å². The number of pyridine rings is 1. The van der Waals surface area contributed by atoms with Gasteiger partial charge in [-0.3, -0.25) is 0 Å². The van der Waals surface area contributed by atoms with Crippen molar-refractivity contribution in [3.63, 3.8) is 0 Å². The van der Waals surface area contributed by atoms with Crippen LogP contribution in [0.1, 0.15) is 11.7 Å². The molecule has 6 heteroatoms. The summed E-state index contributed by atoms with van der Waals surface area (Å²) in [6.07, 6.45) is 3.36. The van der Waals surface area contributed by atoms with Crippen LogP contribution in [-0.4, -0.2) is 9.97 Å². The molecule has 0 unspecified atom stereocenters. The average molecular weight is 219 g/mol. The molecule has 0 amide bonds. The monoisotopic (exact) mass is 219 g/mol. The van der Waals surface area contributed by atoms with Crippen LogP contribution in [0.25, 0.3) is 0 Å². The normalized spacial score (nSPS) is 10.1. The Morgan fingerprint density at radius 1 is 1.44 bits per heavy atom. The second-order valence-corrected chi connectivity index (χ2v) is 3.29. The highest BCUT2D eigenvalue weighted by molar-refractivity contribution is 5.51. The molecule has 2 rings (SSSR count). The number of nitrogens with zero attached hydrogens (tertiary/aromatic N) is 2. The van der Waals surface area contributed by atoms with Gasteiger partial charge in [-0.2, -0.15) is 0 Å². The molecule has 0 fully saturated rings. The first-order valence-electron chi connectivity index (χ1n) is 4.86. The minimum absolute atomic E-state index is 0.530. The molecular weight excluding hydrogens is 206 g/mol. The molecule has 0 radical (unpaired) electrons. The molecule has 0 bridgehead atoms. The van der Waals surface area contributed by atoms with Gasteiger partial charge in [0.05, 0.1) is 12.7 Å². The second-order valence-electron chi connectivity index (χ2n) is 3.29. The summed E-state index contributed by atoms with van der Waals surface area (Å²) in [5, 5.41) is 3.16. The SMILES string of the molecule is Cc1cnc(CNc2ccnc(NN)c2)o1. The van der Waals surface area contributed by atoms with Gasteiger partial charge in [0.1, 0.15) is 11.6 Å². The molecule has 0 aliphatic rings. The zero-order valence-electron chi connectivity index (χ0n) is 8.90. The van der Waals surface area contributed by atoms with Crippen molar-refractivity contribution in [1.29, 1.82) is 0 Å². The summed E-state index contributed by atoms with van der Waals surface area (Å²) in [6, 6.07) is 3.65. The Morgan fingerprint density at radius 3 is 3.00 bits per heavy atom. The van der Waals surface area contributed by atoms with Gasteiger partial charge in [0.15, 0.2) is 0 Å². The van der Waals surface area contributed by atoms with E-state index in [9.17, 15) is 0 Å². The molecule has 0 aromatic carbocycles. The van der Waals surface area contributed by atoms with Crippen molar-refractivity contribution in [3.8, 4) is 0 Å².